The fourth-order valence-electron chi connectivity index (χ4n) is 1.83. The molecule has 1 atom stereocenters. The molecule has 0 fully saturated rings. The van der Waals surface area contributed by atoms with E-state index in [1.54, 1.807) is 18.2 Å². The number of aliphatic hydroxyl groups excluding tert-OH is 1. The van der Waals surface area contributed by atoms with Gasteiger partial charge in [0.1, 0.15) is 5.75 Å². The number of nitro benzene ring substituents is 1. The molecule has 0 unspecified atom stereocenters. The highest BCUT2D eigenvalue weighted by Gasteiger charge is 2.19. The monoisotopic (exact) mass is 307 g/mol. The number of nitrogens with zero attached hydrogens (tertiary/aromatic N) is 1. The molecule has 0 radical (unpaired) electrons. The van der Waals surface area contributed by atoms with Crippen molar-refractivity contribution in [2.75, 3.05) is 0 Å². The van der Waals surface area contributed by atoms with Crippen LogP contribution in [0, 0.1) is 17.0 Å². The highest BCUT2D eigenvalue weighted by atomic mass is 35.5. The average Bonchev–Trinajstić information content (AvgIpc) is 2.42. The lowest BCUT2D eigenvalue weighted by Crippen LogP contribution is -1.98. The number of benzene rings is 2. The lowest BCUT2D eigenvalue weighted by Gasteiger charge is -2.11. The largest absolute Gasteiger partial charge is 0.449 e. The Balaban J connectivity index is 2.44. The van der Waals surface area contributed by atoms with E-state index in [2.05, 4.69) is 0 Å². The van der Waals surface area contributed by atoms with Crippen LogP contribution in [0.25, 0.3) is 0 Å². The summed E-state index contributed by atoms with van der Waals surface area (Å²) in [6, 6.07) is 9.52. The van der Waals surface area contributed by atoms with Crippen LogP contribution in [0.1, 0.15) is 24.2 Å². The average molecular weight is 308 g/mol. The number of ether oxygens (including phenoxy) is 1. The molecule has 1 N–H and O–H groups in total. The zero-order valence-corrected chi connectivity index (χ0v) is 12.3. The molecule has 2 aromatic rings. The van der Waals surface area contributed by atoms with Crippen LogP contribution in [0.2, 0.25) is 5.02 Å². The van der Waals surface area contributed by atoms with Gasteiger partial charge in [0.2, 0.25) is 5.75 Å². The van der Waals surface area contributed by atoms with Gasteiger partial charge in [0.25, 0.3) is 0 Å². The Kier molecular flexibility index (Phi) is 4.45. The zero-order valence-electron chi connectivity index (χ0n) is 11.5. The van der Waals surface area contributed by atoms with Gasteiger partial charge in [-0.15, -0.1) is 0 Å². The summed E-state index contributed by atoms with van der Waals surface area (Å²) >= 11 is 6.02. The van der Waals surface area contributed by atoms with Crippen molar-refractivity contribution >= 4 is 17.3 Å². The van der Waals surface area contributed by atoms with Gasteiger partial charge in [-0.05, 0) is 43.2 Å². The standard InChI is InChI=1S/C15H14ClNO4/c1-9-3-5-12(16)15(7-9)21-14-6-4-11(10(2)18)8-13(14)17(19)20/h3-8,10,18H,1-2H3/t10-/m0/s1. The van der Waals surface area contributed by atoms with Crippen molar-refractivity contribution in [2.24, 2.45) is 0 Å². The topological polar surface area (TPSA) is 72.6 Å². The van der Waals surface area contributed by atoms with Gasteiger partial charge in [-0.2, -0.15) is 0 Å². The Hall–Kier alpha value is -2.11. The number of aliphatic hydroxyl groups is 1. The van der Waals surface area contributed by atoms with Crippen LogP contribution >= 0.6 is 11.6 Å². The second-order valence-electron chi connectivity index (χ2n) is 4.70. The SMILES string of the molecule is Cc1ccc(Cl)c(Oc2ccc([C@H](C)O)cc2[N+](=O)[O-])c1. The summed E-state index contributed by atoms with van der Waals surface area (Å²) in [5, 5.41) is 21.0. The molecule has 6 heteroatoms. The lowest BCUT2D eigenvalue weighted by molar-refractivity contribution is -0.385. The Morgan fingerprint density at radius 1 is 1.24 bits per heavy atom. The highest BCUT2D eigenvalue weighted by molar-refractivity contribution is 6.32. The Morgan fingerprint density at radius 3 is 2.57 bits per heavy atom. The number of aryl methyl sites for hydroxylation is 1. The molecule has 2 aromatic carbocycles. The third-order valence-corrected chi connectivity index (χ3v) is 3.28. The van der Waals surface area contributed by atoms with Crippen molar-refractivity contribution in [3.8, 4) is 11.5 Å². The molecule has 5 nitrogen and oxygen atoms in total. The summed E-state index contributed by atoms with van der Waals surface area (Å²) in [5.74, 6) is 0.432. The second-order valence-corrected chi connectivity index (χ2v) is 5.10. The molecule has 0 spiro atoms. The van der Waals surface area contributed by atoms with Gasteiger partial charge in [0.05, 0.1) is 16.0 Å². The van der Waals surface area contributed by atoms with Crippen molar-refractivity contribution in [3.05, 3.63) is 62.7 Å². The van der Waals surface area contributed by atoms with E-state index < -0.39 is 11.0 Å². The molecule has 0 aromatic heterocycles. The Labute approximate surface area is 126 Å². The van der Waals surface area contributed by atoms with Crippen LogP contribution in [0.15, 0.2) is 36.4 Å². The minimum atomic E-state index is -0.791. The predicted molar refractivity (Wildman–Crippen MR) is 80.0 cm³/mol. The summed E-state index contributed by atoms with van der Waals surface area (Å²) in [6.07, 6.45) is -0.791. The van der Waals surface area contributed by atoms with Crippen LogP contribution < -0.4 is 4.74 Å². The quantitative estimate of drug-likeness (QED) is 0.671. The number of halogens is 1. The van der Waals surface area contributed by atoms with Crippen molar-refractivity contribution in [1.29, 1.82) is 0 Å². The van der Waals surface area contributed by atoms with Crippen molar-refractivity contribution in [2.45, 2.75) is 20.0 Å². The minimum absolute atomic E-state index is 0.0805. The van der Waals surface area contributed by atoms with E-state index in [0.717, 1.165) is 5.56 Å². The maximum absolute atomic E-state index is 11.1. The first kappa shape index (κ1) is 15.3. The minimum Gasteiger partial charge on any atom is -0.449 e. The first-order valence-corrected chi connectivity index (χ1v) is 6.66. The van der Waals surface area contributed by atoms with Gasteiger partial charge in [0, 0.05) is 6.07 Å². The van der Waals surface area contributed by atoms with Crippen LogP contribution in [-0.4, -0.2) is 10.0 Å². The number of rotatable bonds is 4. The number of hydrogen-bond acceptors (Lipinski definition) is 4. The van der Waals surface area contributed by atoms with E-state index in [9.17, 15) is 15.2 Å². The highest BCUT2D eigenvalue weighted by Crippen LogP contribution is 2.36. The Morgan fingerprint density at radius 2 is 1.95 bits per heavy atom. The van der Waals surface area contributed by atoms with E-state index in [0.29, 0.717) is 16.3 Å². The third-order valence-electron chi connectivity index (χ3n) is 2.97. The number of hydrogen-bond donors (Lipinski definition) is 1. The molecular weight excluding hydrogens is 294 g/mol. The van der Waals surface area contributed by atoms with Gasteiger partial charge < -0.3 is 9.84 Å². The second kappa shape index (κ2) is 6.11. The van der Waals surface area contributed by atoms with E-state index in [1.807, 2.05) is 13.0 Å². The summed E-state index contributed by atoms with van der Waals surface area (Å²) < 4.78 is 5.56. The van der Waals surface area contributed by atoms with Crippen molar-refractivity contribution < 1.29 is 14.8 Å². The van der Waals surface area contributed by atoms with Gasteiger partial charge in [-0.25, -0.2) is 0 Å². The van der Waals surface area contributed by atoms with Crippen molar-refractivity contribution in [3.63, 3.8) is 0 Å². The molecule has 0 amide bonds. The first-order chi connectivity index (χ1) is 9.88. The van der Waals surface area contributed by atoms with Crippen LogP contribution in [0.3, 0.4) is 0 Å². The fourth-order valence-corrected chi connectivity index (χ4v) is 1.99. The van der Waals surface area contributed by atoms with E-state index >= 15 is 0 Å². The van der Waals surface area contributed by atoms with E-state index in [4.69, 9.17) is 16.3 Å². The predicted octanol–water partition coefficient (Wildman–Crippen LogP) is 4.40. The summed E-state index contributed by atoms with van der Waals surface area (Å²) in [5.41, 5.74) is 1.16. The van der Waals surface area contributed by atoms with Gasteiger partial charge >= 0.3 is 5.69 Å². The van der Waals surface area contributed by atoms with Crippen LogP contribution in [0.5, 0.6) is 11.5 Å². The van der Waals surface area contributed by atoms with Crippen LogP contribution in [-0.2, 0) is 0 Å². The van der Waals surface area contributed by atoms with E-state index in [-0.39, 0.29) is 11.4 Å². The lowest BCUT2D eigenvalue weighted by atomic mass is 10.1. The molecule has 0 aliphatic heterocycles. The molecule has 0 aliphatic rings. The molecule has 2 rings (SSSR count). The fraction of sp³-hybridized carbons (Fsp3) is 0.200. The summed E-state index contributed by atoms with van der Waals surface area (Å²) in [6.45, 7) is 3.41. The van der Waals surface area contributed by atoms with Gasteiger partial charge in [-0.3, -0.25) is 10.1 Å². The Bertz CT molecular complexity index is 685. The van der Waals surface area contributed by atoms with Gasteiger partial charge in [0.15, 0.2) is 0 Å². The maximum atomic E-state index is 11.1. The molecule has 110 valence electrons. The van der Waals surface area contributed by atoms with Gasteiger partial charge in [-0.1, -0.05) is 23.7 Å². The normalized spacial score (nSPS) is 12.0. The van der Waals surface area contributed by atoms with Crippen molar-refractivity contribution in [1.82, 2.24) is 0 Å². The molecular formula is C15H14ClNO4. The molecule has 0 saturated carbocycles. The maximum Gasteiger partial charge on any atom is 0.311 e. The number of nitro groups is 1. The molecule has 0 bridgehead atoms. The molecule has 0 heterocycles. The summed E-state index contributed by atoms with van der Waals surface area (Å²) in [7, 11) is 0. The van der Waals surface area contributed by atoms with E-state index in [1.165, 1.54) is 19.1 Å². The molecule has 0 aliphatic carbocycles. The third kappa shape index (κ3) is 3.51. The smallest absolute Gasteiger partial charge is 0.311 e. The zero-order chi connectivity index (χ0) is 15.6. The molecule has 0 saturated heterocycles. The van der Waals surface area contributed by atoms with Crippen LogP contribution in [0.4, 0.5) is 5.69 Å². The first-order valence-electron chi connectivity index (χ1n) is 6.29. The molecule has 21 heavy (non-hydrogen) atoms. The summed E-state index contributed by atoms with van der Waals surface area (Å²) in [4.78, 5) is 10.6.